The zero-order valence-electron chi connectivity index (χ0n) is 43.6. The molecule has 20 nitrogen and oxygen atoms in total. The zero-order chi connectivity index (χ0) is 60.2. The average molecular weight is 1190 g/mol. The Morgan fingerprint density at radius 3 is 1.24 bits per heavy atom. The molecular weight excluding hydrogens is 1140 g/mol. The SMILES string of the molecule is CNC(=O)[C@@H](C)Cn1cnc2ccc(-c3cnc(OC)c(NS(=O)(=O)c4ccc(F)cc4C(F)(F)F)c3)cc2c1=O.CNC(=O)[C@H](C)Cn1cnc2ccc(-c3cnc(OC)c(NS(=O)(=O)c4ccc(F)cc4C(F)(F)F)c3)cc2c1=O. The second-order valence-electron chi connectivity index (χ2n) is 17.9. The lowest BCUT2D eigenvalue weighted by Gasteiger charge is -2.16. The summed E-state index contributed by atoms with van der Waals surface area (Å²) in [5.74, 6) is -4.56. The topological polar surface area (TPSA) is 265 Å². The Balaban J connectivity index is 0.000000236. The molecule has 2 amide bonds. The predicted molar refractivity (Wildman–Crippen MR) is 282 cm³/mol. The third kappa shape index (κ3) is 13.4. The standard InChI is InChI=1S/2C26H23F4N5O5S/c2*1-14(23(36)31-2)12-35-13-33-20-6-4-15(8-18(20)25(35)37)16-9-21(24(40-3)32-11-16)34-41(38,39)22-7-5-17(27)10-19(22)26(28,29)30/h2*4-11,13-14,34H,12H2,1-3H3,(H,31,36)/t2*14-/m10/s1. The molecule has 0 unspecified atom stereocenters. The molecule has 0 saturated heterocycles. The van der Waals surface area contributed by atoms with Gasteiger partial charge in [-0.1, -0.05) is 26.0 Å². The summed E-state index contributed by atoms with van der Waals surface area (Å²) < 4.78 is 177. The molecule has 0 spiro atoms. The maximum absolute atomic E-state index is 13.5. The van der Waals surface area contributed by atoms with Crippen molar-refractivity contribution in [1.82, 2.24) is 39.7 Å². The first kappa shape index (κ1) is 60.6. The first-order valence-corrected chi connectivity index (χ1v) is 26.8. The number of anilines is 2. The Morgan fingerprint density at radius 2 is 0.915 bits per heavy atom. The van der Waals surface area contributed by atoms with Crippen molar-refractivity contribution in [1.29, 1.82) is 0 Å². The van der Waals surface area contributed by atoms with Crippen LogP contribution in [0.15, 0.2) is 129 Å². The molecule has 0 fully saturated rings. The lowest BCUT2D eigenvalue weighted by molar-refractivity contribution is -0.140. The van der Waals surface area contributed by atoms with E-state index in [4.69, 9.17) is 9.47 Å². The number of fused-ring (bicyclic) bond motifs is 2. The number of ether oxygens (including phenoxy) is 2. The third-order valence-corrected chi connectivity index (χ3v) is 15.1. The van der Waals surface area contributed by atoms with E-state index in [9.17, 15) is 71.1 Å². The Hall–Kier alpha value is -9.06. The molecule has 0 aliphatic heterocycles. The highest BCUT2D eigenvalue weighted by Crippen LogP contribution is 2.39. The Kier molecular flexibility index (Phi) is 17.7. The molecule has 0 aliphatic carbocycles. The van der Waals surface area contributed by atoms with Gasteiger partial charge in [-0.25, -0.2) is 45.6 Å². The van der Waals surface area contributed by atoms with Gasteiger partial charge in [0, 0.05) is 50.7 Å². The van der Waals surface area contributed by atoms with Crippen molar-refractivity contribution in [3.63, 3.8) is 0 Å². The number of methoxy groups -OCH3 is 2. The molecule has 0 radical (unpaired) electrons. The number of halogens is 8. The largest absolute Gasteiger partial charge is 0.480 e. The number of hydrogen-bond acceptors (Lipinski definition) is 14. The number of carbonyl (C=O) groups excluding carboxylic acids is 2. The first-order valence-electron chi connectivity index (χ1n) is 23.8. The van der Waals surface area contributed by atoms with Gasteiger partial charge in [-0.3, -0.25) is 37.8 Å². The van der Waals surface area contributed by atoms with E-state index in [0.29, 0.717) is 46.4 Å². The Bertz CT molecular complexity index is 3880. The third-order valence-electron chi connectivity index (χ3n) is 12.3. The van der Waals surface area contributed by atoms with E-state index in [1.165, 1.54) is 86.8 Å². The number of pyridine rings is 2. The summed E-state index contributed by atoms with van der Waals surface area (Å²) in [6.45, 7) is 3.46. The maximum Gasteiger partial charge on any atom is 0.417 e. The van der Waals surface area contributed by atoms with Gasteiger partial charge in [-0.2, -0.15) is 26.3 Å². The molecule has 82 heavy (non-hydrogen) atoms. The van der Waals surface area contributed by atoms with E-state index in [-0.39, 0.29) is 82.1 Å². The molecule has 4 N–H and O–H groups in total. The number of amides is 2. The van der Waals surface area contributed by atoms with E-state index in [2.05, 4.69) is 30.6 Å². The summed E-state index contributed by atoms with van der Waals surface area (Å²) in [4.78, 5) is 64.3. The van der Waals surface area contributed by atoms with Gasteiger partial charge in [-0.05, 0) is 83.9 Å². The Morgan fingerprint density at radius 1 is 0.549 bits per heavy atom. The second-order valence-corrected chi connectivity index (χ2v) is 21.2. The van der Waals surface area contributed by atoms with Gasteiger partial charge in [0.05, 0.1) is 81.4 Å². The molecule has 8 rings (SSSR count). The summed E-state index contributed by atoms with van der Waals surface area (Å²) in [7, 11) is -4.46. The monoisotopic (exact) mass is 1190 g/mol. The van der Waals surface area contributed by atoms with Gasteiger partial charge in [0.15, 0.2) is 0 Å². The van der Waals surface area contributed by atoms with E-state index in [0.717, 1.165) is 0 Å². The lowest BCUT2D eigenvalue weighted by atomic mass is 10.0. The quantitative estimate of drug-likeness (QED) is 0.0679. The predicted octanol–water partition coefficient (Wildman–Crippen LogP) is 7.62. The number of rotatable bonds is 16. The van der Waals surface area contributed by atoms with E-state index in [1.807, 2.05) is 9.44 Å². The molecule has 8 aromatic rings. The summed E-state index contributed by atoms with van der Waals surface area (Å²) in [6.07, 6.45) is -5.01. The normalized spacial score (nSPS) is 12.7. The van der Waals surface area contributed by atoms with Crippen molar-refractivity contribution in [2.24, 2.45) is 11.8 Å². The minimum absolute atomic E-state index is 0.0744. The molecular formula is C52H46F8N10O10S2. The van der Waals surface area contributed by atoms with Crippen molar-refractivity contribution in [3.8, 4) is 34.0 Å². The maximum atomic E-state index is 13.5. The fraction of sp³-hybridized carbons (Fsp3) is 0.231. The number of alkyl halides is 6. The van der Waals surface area contributed by atoms with Gasteiger partial charge in [0.25, 0.3) is 31.2 Å². The van der Waals surface area contributed by atoms with Crippen LogP contribution in [0.4, 0.5) is 46.5 Å². The van der Waals surface area contributed by atoms with Gasteiger partial charge in [0.1, 0.15) is 23.0 Å². The van der Waals surface area contributed by atoms with Crippen LogP contribution in [0.1, 0.15) is 25.0 Å². The van der Waals surface area contributed by atoms with Crippen LogP contribution in [-0.2, 0) is 55.1 Å². The molecule has 0 bridgehead atoms. The van der Waals surface area contributed by atoms with E-state index < -0.39 is 87.9 Å². The number of nitrogens with zero attached hydrogens (tertiary/aromatic N) is 6. The highest BCUT2D eigenvalue weighted by Gasteiger charge is 2.39. The minimum atomic E-state index is -5.15. The van der Waals surface area contributed by atoms with Gasteiger partial charge in [-0.15, -0.1) is 0 Å². The minimum Gasteiger partial charge on any atom is -0.480 e. The number of nitrogens with one attached hydrogen (secondary N) is 4. The average Bonchev–Trinajstić information content (AvgIpc) is 3.63. The van der Waals surface area contributed by atoms with Gasteiger partial charge < -0.3 is 20.1 Å². The van der Waals surface area contributed by atoms with Crippen LogP contribution in [0.5, 0.6) is 11.8 Å². The van der Waals surface area contributed by atoms with Crippen molar-refractivity contribution in [2.45, 2.75) is 49.1 Å². The van der Waals surface area contributed by atoms with E-state index >= 15 is 0 Å². The van der Waals surface area contributed by atoms with Gasteiger partial charge >= 0.3 is 12.4 Å². The molecule has 4 heterocycles. The smallest absolute Gasteiger partial charge is 0.417 e. The fourth-order valence-corrected chi connectivity index (χ4v) is 10.7. The van der Waals surface area contributed by atoms with Crippen molar-refractivity contribution in [2.75, 3.05) is 37.8 Å². The molecule has 30 heteroatoms. The molecule has 0 saturated carbocycles. The Labute approximate surface area is 460 Å². The van der Waals surface area contributed by atoms with Crippen LogP contribution >= 0.6 is 0 Å². The molecule has 4 aromatic carbocycles. The second kappa shape index (κ2) is 24.0. The van der Waals surface area contributed by atoms with E-state index in [1.54, 1.807) is 38.1 Å². The summed E-state index contributed by atoms with van der Waals surface area (Å²) in [6, 6.07) is 14.2. The van der Waals surface area contributed by atoms with Crippen LogP contribution in [-0.4, -0.2) is 86.0 Å². The number of carbonyl (C=O) groups is 2. The van der Waals surface area contributed by atoms with Gasteiger partial charge in [0.2, 0.25) is 23.6 Å². The summed E-state index contributed by atoms with van der Waals surface area (Å²) in [5.41, 5.74) is -2.71. The highest BCUT2D eigenvalue weighted by atomic mass is 32.2. The molecule has 2 atom stereocenters. The van der Waals surface area contributed by atoms with Crippen LogP contribution < -0.4 is 40.7 Å². The van der Waals surface area contributed by atoms with Crippen molar-refractivity contribution >= 4 is 65.0 Å². The van der Waals surface area contributed by atoms with Crippen LogP contribution in [0, 0.1) is 23.5 Å². The molecule has 432 valence electrons. The van der Waals surface area contributed by atoms with Crippen LogP contribution in [0.2, 0.25) is 0 Å². The van der Waals surface area contributed by atoms with Crippen molar-refractivity contribution in [3.05, 3.63) is 153 Å². The first-order chi connectivity index (χ1) is 38.5. The molecule has 0 aliphatic rings. The number of hydrogen-bond donors (Lipinski definition) is 4. The number of sulfonamides is 2. The molecule has 4 aromatic heterocycles. The zero-order valence-corrected chi connectivity index (χ0v) is 45.2. The summed E-state index contributed by atoms with van der Waals surface area (Å²) in [5, 5.41) is 5.43. The lowest BCUT2D eigenvalue weighted by Crippen LogP contribution is -2.32. The fourth-order valence-electron chi connectivity index (χ4n) is 8.19. The van der Waals surface area contributed by atoms with Crippen LogP contribution in [0.3, 0.4) is 0 Å². The van der Waals surface area contributed by atoms with Crippen molar-refractivity contribution < 1.29 is 71.0 Å². The highest BCUT2D eigenvalue weighted by molar-refractivity contribution is 7.93. The number of benzene rings is 4. The number of aromatic nitrogens is 6. The van der Waals surface area contributed by atoms with Crippen LogP contribution in [0.25, 0.3) is 44.1 Å². The summed E-state index contributed by atoms with van der Waals surface area (Å²) >= 11 is 0.